The lowest BCUT2D eigenvalue weighted by atomic mass is 10.0. The number of pyridine rings is 1. The number of H-pyrrole nitrogens is 1. The van der Waals surface area contributed by atoms with Crippen molar-refractivity contribution in [2.75, 3.05) is 49.6 Å². The van der Waals surface area contributed by atoms with Crippen LogP contribution in [0.3, 0.4) is 0 Å². The van der Waals surface area contributed by atoms with Gasteiger partial charge in [-0.05, 0) is 31.7 Å². The molecule has 3 aliphatic heterocycles. The molecule has 13 nitrogen and oxygen atoms in total. The number of aliphatic carboxylic acids is 1. The van der Waals surface area contributed by atoms with Gasteiger partial charge in [0.1, 0.15) is 33.5 Å². The summed E-state index contributed by atoms with van der Waals surface area (Å²) in [5, 5.41) is 22.7. The van der Waals surface area contributed by atoms with Crippen molar-refractivity contribution in [2.45, 2.75) is 29.9 Å². The number of nitrogens with zero attached hydrogens (tertiary/aromatic N) is 6. The van der Waals surface area contributed by atoms with Crippen LogP contribution in [0.15, 0.2) is 45.6 Å². The van der Waals surface area contributed by atoms with Crippen molar-refractivity contribution in [3.05, 3.63) is 57.4 Å². The molecule has 3 aliphatic rings. The summed E-state index contributed by atoms with van der Waals surface area (Å²) in [6, 6.07) is 1.83. The highest BCUT2D eigenvalue weighted by Crippen LogP contribution is 2.41. The number of aromatic nitrogens is 4. The molecule has 0 bridgehead atoms. The number of amides is 2. The van der Waals surface area contributed by atoms with Crippen LogP contribution < -0.4 is 15.6 Å². The highest BCUT2D eigenvalue weighted by atomic mass is 32.2. The normalized spacial score (nSPS) is 20.8. The first-order valence-electron chi connectivity index (χ1n) is 13.7. The van der Waals surface area contributed by atoms with Crippen molar-refractivity contribution < 1.29 is 23.9 Å². The highest BCUT2D eigenvalue weighted by Gasteiger charge is 2.54. The Morgan fingerprint density at radius 2 is 2.00 bits per heavy atom. The number of carbonyl (C=O) groups excluding carboxylic acids is 2. The summed E-state index contributed by atoms with van der Waals surface area (Å²) in [5.41, 5.74) is 0.526. The summed E-state index contributed by atoms with van der Waals surface area (Å²) >= 11 is 2.65. The van der Waals surface area contributed by atoms with E-state index in [0.717, 1.165) is 13.1 Å². The Morgan fingerprint density at radius 3 is 2.67 bits per heavy atom. The summed E-state index contributed by atoms with van der Waals surface area (Å²) in [7, 11) is 2.01. The second-order valence-electron chi connectivity index (χ2n) is 10.5. The standard InChI is InChI=1S/C27H29FN8O5S2/c1-3-34-11-16(23(37)15-8-17(28)19(9-18(15)34)35-6-4-33(2)5-7-35)24(38)30-21-25(39)36-22(27(40)41)14(13-43-26(21)36)12-42-20-10-29-32-31-20/h8-11,21,26H,3-7,12-13H2,1-2H3,(H,30,38)(H,40,41)(H,29,31,32)/t21?,26-/m0/s1. The van der Waals surface area contributed by atoms with Crippen molar-refractivity contribution in [1.29, 1.82) is 0 Å². The topological polar surface area (TPSA) is 157 Å². The van der Waals surface area contributed by atoms with Gasteiger partial charge in [-0.25, -0.2) is 9.18 Å². The lowest BCUT2D eigenvalue weighted by Crippen LogP contribution is -2.70. The summed E-state index contributed by atoms with van der Waals surface area (Å²) in [4.78, 5) is 57.5. The van der Waals surface area contributed by atoms with Crippen LogP contribution in [-0.4, -0.2) is 109 Å². The molecule has 0 spiro atoms. The molecule has 6 rings (SSSR count). The summed E-state index contributed by atoms with van der Waals surface area (Å²) in [6.45, 7) is 5.17. The van der Waals surface area contributed by atoms with Gasteiger partial charge in [-0.15, -0.1) is 28.6 Å². The Balaban J connectivity index is 1.24. The molecule has 1 aromatic carbocycles. The van der Waals surface area contributed by atoms with E-state index < -0.39 is 40.4 Å². The van der Waals surface area contributed by atoms with Gasteiger partial charge in [0, 0.05) is 55.8 Å². The molecule has 1 unspecified atom stereocenters. The number of aryl methyl sites for hydroxylation is 1. The second kappa shape index (κ2) is 11.7. The Labute approximate surface area is 253 Å². The van der Waals surface area contributed by atoms with E-state index in [2.05, 4.69) is 25.6 Å². The quantitative estimate of drug-likeness (QED) is 0.243. The van der Waals surface area contributed by atoms with Crippen LogP contribution in [0, 0.1) is 5.82 Å². The van der Waals surface area contributed by atoms with Crippen molar-refractivity contribution in [3.8, 4) is 0 Å². The Kier molecular flexibility index (Phi) is 7.91. The van der Waals surface area contributed by atoms with Gasteiger partial charge < -0.3 is 24.8 Å². The monoisotopic (exact) mass is 628 g/mol. The van der Waals surface area contributed by atoms with Crippen molar-refractivity contribution in [1.82, 2.24) is 35.1 Å². The summed E-state index contributed by atoms with van der Waals surface area (Å²) < 4.78 is 17.0. The zero-order valence-electron chi connectivity index (χ0n) is 23.4. The number of β-lactam (4-membered cyclic amide) rings is 1. The number of hydrogen-bond donors (Lipinski definition) is 3. The average molecular weight is 629 g/mol. The number of halogens is 1. The number of fused-ring (bicyclic) bond motifs is 2. The largest absolute Gasteiger partial charge is 0.477 e. The molecule has 2 fully saturated rings. The van der Waals surface area contributed by atoms with Gasteiger partial charge >= 0.3 is 5.97 Å². The van der Waals surface area contributed by atoms with Gasteiger partial charge in [0.25, 0.3) is 11.8 Å². The van der Waals surface area contributed by atoms with Crippen LogP contribution >= 0.6 is 23.5 Å². The number of hydrogen-bond acceptors (Lipinski definition) is 10. The molecular formula is C27H29FN8O5S2. The van der Waals surface area contributed by atoms with E-state index in [1.54, 1.807) is 10.6 Å². The van der Waals surface area contributed by atoms with Gasteiger partial charge in [0.05, 0.1) is 17.4 Å². The van der Waals surface area contributed by atoms with Crippen LogP contribution in [0.25, 0.3) is 10.9 Å². The zero-order valence-corrected chi connectivity index (χ0v) is 25.0. The number of piperazine rings is 1. The first-order valence-corrected chi connectivity index (χ1v) is 15.7. The third kappa shape index (κ3) is 5.27. The SMILES string of the molecule is CCn1cc(C(=O)NC2C(=O)N3C(C(=O)O)=C(CSc4cnn[nH]4)CS[C@@H]23)c(=O)c2cc(F)c(N3CCN(C)CC3)cc21. The minimum atomic E-state index is -1.24. The maximum Gasteiger partial charge on any atom is 0.352 e. The summed E-state index contributed by atoms with van der Waals surface area (Å²) in [5.74, 6) is -2.47. The molecule has 0 aliphatic carbocycles. The lowest BCUT2D eigenvalue weighted by molar-refractivity contribution is -0.148. The maximum absolute atomic E-state index is 15.3. The second-order valence-corrected chi connectivity index (χ2v) is 12.6. The number of aromatic amines is 1. The van der Waals surface area contributed by atoms with Gasteiger partial charge in [-0.3, -0.25) is 24.4 Å². The molecule has 3 aromatic rings. The first kappa shape index (κ1) is 29.2. The predicted molar refractivity (Wildman–Crippen MR) is 160 cm³/mol. The minimum absolute atomic E-state index is 0.0733. The fraction of sp³-hybridized carbons (Fsp3) is 0.407. The van der Waals surface area contributed by atoms with Gasteiger partial charge in [-0.1, -0.05) is 5.21 Å². The zero-order chi connectivity index (χ0) is 30.4. The average Bonchev–Trinajstić information content (AvgIpc) is 3.52. The molecule has 16 heteroatoms. The van der Waals surface area contributed by atoms with Gasteiger partial charge in [0.2, 0.25) is 5.43 Å². The Hall–Kier alpha value is -3.89. The predicted octanol–water partition coefficient (Wildman–Crippen LogP) is 1.17. The number of carboxylic acids is 1. The molecule has 5 heterocycles. The van der Waals surface area contributed by atoms with E-state index in [4.69, 9.17) is 0 Å². The Morgan fingerprint density at radius 1 is 1.23 bits per heavy atom. The minimum Gasteiger partial charge on any atom is -0.477 e. The highest BCUT2D eigenvalue weighted by molar-refractivity contribution is 8.01. The van der Waals surface area contributed by atoms with E-state index >= 15 is 4.39 Å². The Bertz CT molecular complexity index is 1700. The van der Waals surface area contributed by atoms with Crippen LogP contribution in [0.2, 0.25) is 0 Å². The van der Waals surface area contributed by atoms with Crippen LogP contribution in [0.5, 0.6) is 0 Å². The van der Waals surface area contributed by atoms with Crippen molar-refractivity contribution in [3.63, 3.8) is 0 Å². The third-order valence-electron chi connectivity index (χ3n) is 7.91. The first-order chi connectivity index (χ1) is 20.7. The number of nitrogens with one attached hydrogen (secondary N) is 2. The number of benzene rings is 1. The lowest BCUT2D eigenvalue weighted by Gasteiger charge is -2.49. The number of likely N-dealkylation sites (N-methyl/N-ethyl adjacent to an activating group) is 1. The number of anilines is 1. The van der Waals surface area contributed by atoms with E-state index in [1.165, 1.54) is 46.9 Å². The van der Waals surface area contributed by atoms with Crippen LogP contribution in [-0.2, 0) is 16.1 Å². The fourth-order valence-electron chi connectivity index (χ4n) is 5.55. The van der Waals surface area contributed by atoms with E-state index in [1.807, 2.05) is 18.9 Å². The number of rotatable bonds is 8. The van der Waals surface area contributed by atoms with Gasteiger partial charge in [-0.2, -0.15) is 0 Å². The summed E-state index contributed by atoms with van der Waals surface area (Å²) in [6.07, 6.45) is 2.95. The number of thioether (sulfide) groups is 2. The smallest absolute Gasteiger partial charge is 0.352 e. The van der Waals surface area contributed by atoms with Crippen molar-refractivity contribution >= 4 is 57.9 Å². The van der Waals surface area contributed by atoms with Crippen molar-refractivity contribution in [2.24, 2.45) is 0 Å². The molecular weight excluding hydrogens is 599 g/mol. The fourth-order valence-corrected chi connectivity index (χ4v) is 7.82. The molecule has 43 heavy (non-hydrogen) atoms. The third-order valence-corrected chi connectivity index (χ3v) is 10.2. The molecule has 3 N–H and O–H groups in total. The van der Waals surface area contributed by atoms with Gasteiger partial charge in [0.15, 0.2) is 0 Å². The van der Waals surface area contributed by atoms with E-state index in [0.29, 0.717) is 52.9 Å². The number of carbonyl (C=O) groups is 3. The molecule has 2 amide bonds. The van der Waals surface area contributed by atoms with Crippen LogP contribution in [0.4, 0.5) is 10.1 Å². The molecule has 2 aromatic heterocycles. The van der Waals surface area contributed by atoms with E-state index in [9.17, 15) is 24.3 Å². The van der Waals surface area contributed by atoms with E-state index in [-0.39, 0.29) is 16.6 Å². The molecule has 2 atom stereocenters. The number of carboxylic acid groups (broad SMARTS) is 1. The van der Waals surface area contributed by atoms with Crippen LogP contribution in [0.1, 0.15) is 17.3 Å². The maximum atomic E-state index is 15.3. The molecule has 226 valence electrons. The molecule has 0 radical (unpaired) electrons. The molecule has 0 saturated carbocycles. The molecule has 2 saturated heterocycles.